The van der Waals surface area contributed by atoms with Gasteiger partial charge in [-0.25, -0.2) is 0 Å². The van der Waals surface area contributed by atoms with E-state index in [0.717, 1.165) is 14.8 Å². The summed E-state index contributed by atoms with van der Waals surface area (Å²) in [5, 5.41) is 18.0. The van der Waals surface area contributed by atoms with Crippen LogP contribution in [0.2, 0.25) is 0 Å². The van der Waals surface area contributed by atoms with Gasteiger partial charge in [0.15, 0.2) is 0 Å². The molecule has 0 fully saturated rings. The van der Waals surface area contributed by atoms with Crippen LogP contribution < -0.4 is 5.46 Å². The van der Waals surface area contributed by atoms with E-state index in [2.05, 4.69) is 0 Å². The monoisotopic (exact) mass is 358 g/mol. The van der Waals surface area contributed by atoms with Crippen LogP contribution in [0.3, 0.4) is 0 Å². The van der Waals surface area contributed by atoms with Crippen LogP contribution in [0.25, 0.3) is 0 Å². The molecule has 0 radical (unpaired) electrons. The lowest BCUT2D eigenvalue weighted by Gasteiger charge is -2.21. The number of thioether (sulfide) groups is 2. The fourth-order valence-electron chi connectivity index (χ4n) is 1.51. The van der Waals surface area contributed by atoms with Crippen LogP contribution in [0, 0.1) is 0 Å². The van der Waals surface area contributed by atoms with Crippen molar-refractivity contribution in [2.75, 3.05) is 5.75 Å². The smallest absolute Gasteiger partial charge is 0.460 e. The Bertz CT molecular complexity index is 517. The van der Waals surface area contributed by atoms with E-state index >= 15 is 0 Å². The second-order valence-corrected chi connectivity index (χ2v) is 9.08. The number of hydrogen-bond donors (Lipinski definition) is 2. The number of benzene rings is 1. The maximum Gasteiger partial charge on any atom is 0.488 e. The lowest BCUT2D eigenvalue weighted by atomic mass is 9.80. The summed E-state index contributed by atoms with van der Waals surface area (Å²) in [5.74, 6) is 0.544. The minimum atomic E-state index is -1.50. The molecule has 1 rings (SSSR count). The Morgan fingerprint density at radius 3 is 2.41 bits per heavy atom. The molecule has 0 saturated carbocycles. The standard InChI is InChI=1S/C14H19BO4S3/c1-4-21-13(20)22-14(2,3)12(16)19-9-10-5-7-11(8-6-10)15(17)18/h5-8,17-18H,4,9H2,1-3H3. The summed E-state index contributed by atoms with van der Waals surface area (Å²) in [5.41, 5.74) is 1.18. The minimum Gasteiger partial charge on any atom is -0.460 e. The predicted molar refractivity (Wildman–Crippen MR) is 98.5 cm³/mol. The van der Waals surface area contributed by atoms with Crippen molar-refractivity contribution in [3.05, 3.63) is 29.8 Å². The van der Waals surface area contributed by atoms with Crippen molar-refractivity contribution in [3.63, 3.8) is 0 Å². The fraction of sp³-hybridized carbons (Fsp3) is 0.429. The van der Waals surface area contributed by atoms with Gasteiger partial charge in [0.1, 0.15) is 14.9 Å². The molecule has 22 heavy (non-hydrogen) atoms. The molecule has 4 nitrogen and oxygen atoms in total. The number of esters is 1. The SMILES string of the molecule is CCSC(=S)SC(C)(C)C(=O)OCc1ccc(B(O)O)cc1. The van der Waals surface area contributed by atoms with E-state index < -0.39 is 11.9 Å². The molecule has 0 amide bonds. The molecule has 0 bridgehead atoms. The van der Waals surface area contributed by atoms with Gasteiger partial charge < -0.3 is 14.8 Å². The van der Waals surface area contributed by atoms with Crippen LogP contribution in [-0.4, -0.2) is 37.2 Å². The molecule has 0 aromatic heterocycles. The number of carbonyl (C=O) groups excluding carboxylic acids is 1. The van der Waals surface area contributed by atoms with E-state index in [9.17, 15) is 4.79 Å². The van der Waals surface area contributed by atoms with Crippen molar-refractivity contribution >= 4 is 57.8 Å². The quantitative estimate of drug-likeness (QED) is 0.458. The van der Waals surface area contributed by atoms with Gasteiger partial charge in [0.05, 0.1) is 0 Å². The molecule has 0 aliphatic rings. The van der Waals surface area contributed by atoms with Crippen LogP contribution in [0.15, 0.2) is 24.3 Å². The van der Waals surface area contributed by atoms with Crippen LogP contribution >= 0.6 is 35.7 Å². The third-order valence-electron chi connectivity index (χ3n) is 2.74. The van der Waals surface area contributed by atoms with Gasteiger partial charge in [0.2, 0.25) is 0 Å². The summed E-state index contributed by atoms with van der Waals surface area (Å²) in [6.45, 7) is 5.72. The summed E-state index contributed by atoms with van der Waals surface area (Å²) in [6, 6.07) is 6.56. The summed E-state index contributed by atoms with van der Waals surface area (Å²) in [6.07, 6.45) is 0. The lowest BCUT2D eigenvalue weighted by molar-refractivity contribution is -0.146. The van der Waals surface area contributed by atoms with E-state index in [4.69, 9.17) is 27.0 Å². The molecule has 0 spiro atoms. The third kappa shape index (κ3) is 6.30. The number of hydrogen-bond acceptors (Lipinski definition) is 7. The van der Waals surface area contributed by atoms with Gasteiger partial charge in [-0.05, 0) is 30.6 Å². The zero-order valence-electron chi connectivity index (χ0n) is 12.7. The van der Waals surface area contributed by atoms with Crippen molar-refractivity contribution in [2.24, 2.45) is 0 Å². The van der Waals surface area contributed by atoms with Gasteiger partial charge in [0.25, 0.3) is 0 Å². The van der Waals surface area contributed by atoms with Crippen molar-refractivity contribution in [1.82, 2.24) is 0 Å². The molecule has 0 aliphatic heterocycles. The van der Waals surface area contributed by atoms with Crippen LogP contribution in [0.5, 0.6) is 0 Å². The second kappa shape index (κ2) is 8.93. The maximum absolute atomic E-state index is 12.2. The highest BCUT2D eigenvalue weighted by molar-refractivity contribution is 8.47. The van der Waals surface area contributed by atoms with Gasteiger partial charge in [0, 0.05) is 0 Å². The fourth-order valence-corrected chi connectivity index (χ4v) is 4.49. The van der Waals surface area contributed by atoms with Gasteiger partial charge >= 0.3 is 13.1 Å². The highest BCUT2D eigenvalue weighted by Crippen LogP contribution is 2.32. The van der Waals surface area contributed by atoms with Crippen molar-refractivity contribution in [2.45, 2.75) is 32.1 Å². The zero-order chi connectivity index (χ0) is 16.8. The Kier molecular flexibility index (Phi) is 7.92. The molecule has 0 atom stereocenters. The first-order valence-electron chi connectivity index (χ1n) is 6.74. The van der Waals surface area contributed by atoms with E-state index in [1.165, 1.54) is 23.5 Å². The molecule has 0 heterocycles. The van der Waals surface area contributed by atoms with Crippen molar-refractivity contribution in [1.29, 1.82) is 0 Å². The molecule has 2 N–H and O–H groups in total. The van der Waals surface area contributed by atoms with Gasteiger partial charge in [-0.3, -0.25) is 4.79 Å². The highest BCUT2D eigenvalue weighted by atomic mass is 32.2. The molecule has 0 unspecified atom stereocenters. The van der Waals surface area contributed by atoms with Gasteiger partial charge in [-0.2, -0.15) is 0 Å². The Labute approximate surface area is 145 Å². The highest BCUT2D eigenvalue weighted by Gasteiger charge is 2.31. The summed E-state index contributed by atoms with van der Waals surface area (Å²) >= 11 is 8.07. The third-order valence-corrected chi connectivity index (χ3v) is 5.32. The molecule has 0 saturated heterocycles. The van der Waals surface area contributed by atoms with E-state index in [0.29, 0.717) is 5.46 Å². The average Bonchev–Trinajstić information content (AvgIpc) is 2.44. The van der Waals surface area contributed by atoms with Crippen LogP contribution in [0.1, 0.15) is 26.3 Å². The molecule has 1 aromatic carbocycles. The Balaban J connectivity index is 2.55. The molecule has 8 heteroatoms. The van der Waals surface area contributed by atoms with E-state index in [1.807, 2.05) is 6.92 Å². The Morgan fingerprint density at radius 1 is 1.32 bits per heavy atom. The number of carbonyl (C=O) groups is 1. The predicted octanol–water partition coefficient (Wildman–Crippen LogP) is 1.96. The molecule has 120 valence electrons. The molecule has 1 aromatic rings. The van der Waals surface area contributed by atoms with E-state index in [-0.39, 0.29) is 12.6 Å². The minimum absolute atomic E-state index is 0.137. The number of thiocarbonyl (C=S) groups is 1. The van der Waals surface area contributed by atoms with Gasteiger partial charge in [-0.15, -0.1) is 11.8 Å². The molecular formula is C14H19BO4S3. The Morgan fingerprint density at radius 2 is 1.91 bits per heavy atom. The normalized spacial score (nSPS) is 11.1. The maximum atomic E-state index is 12.2. The number of rotatable bonds is 6. The largest absolute Gasteiger partial charge is 0.488 e. The van der Waals surface area contributed by atoms with Crippen LogP contribution in [-0.2, 0) is 16.1 Å². The summed E-state index contributed by atoms with van der Waals surface area (Å²) < 4.78 is 5.31. The Hall–Kier alpha value is -0.535. The van der Waals surface area contributed by atoms with Crippen molar-refractivity contribution in [3.8, 4) is 0 Å². The summed E-state index contributed by atoms with van der Waals surface area (Å²) in [4.78, 5) is 12.2. The zero-order valence-corrected chi connectivity index (χ0v) is 15.2. The van der Waals surface area contributed by atoms with E-state index in [1.54, 1.807) is 38.1 Å². The topological polar surface area (TPSA) is 66.8 Å². The molecular weight excluding hydrogens is 339 g/mol. The first-order valence-corrected chi connectivity index (χ1v) is 8.95. The molecule has 0 aliphatic carbocycles. The van der Waals surface area contributed by atoms with Gasteiger partial charge in [-0.1, -0.05) is 55.2 Å². The average molecular weight is 358 g/mol. The van der Waals surface area contributed by atoms with Crippen LogP contribution in [0.4, 0.5) is 0 Å². The van der Waals surface area contributed by atoms with Crippen molar-refractivity contribution < 1.29 is 19.6 Å². The number of ether oxygens (including phenoxy) is 1. The first kappa shape index (κ1) is 19.5. The summed E-state index contributed by atoms with van der Waals surface area (Å²) in [7, 11) is -1.50. The second-order valence-electron chi connectivity index (χ2n) is 4.99. The first-order chi connectivity index (χ1) is 10.3. The lowest BCUT2D eigenvalue weighted by Crippen LogP contribution is -2.31.